The summed E-state index contributed by atoms with van der Waals surface area (Å²) in [5.41, 5.74) is 11.0. The van der Waals surface area contributed by atoms with Gasteiger partial charge >= 0.3 is 0 Å². The van der Waals surface area contributed by atoms with Gasteiger partial charge < -0.3 is 10.6 Å². The molecule has 104 valence electrons. The molecule has 20 heavy (non-hydrogen) atoms. The minimum Gasteiger partial charge on any atom is -0.341 e. The number of benzene rings is 2. The normalized spacial score (nSPS) is 14.2. The first-order chi connectivity index (χ1) is 9.79. The molecule has 0 saturated heterocycles. The molecule has 1 aliphatic heterocycles. The van der Waals surface area contributed by atoms with Crippen molar-refractivity contribution in [3.8, 4) is 0 Å². The maximum Gasteiger partial charge on any atom is 0.0443 e. The van der Waals surface area contributed by atoms with Crippen molar-refractivity contribution in [2.45, 2.75) is 19.3 Å². The molecular formula is C17H19BrN2. The lowest BCUT2D eigenvalue weighted by Crippen LogP contribution is -2.24. The van der Waals surface area contributed by atoms with Crippen molar-refractivity contribution >= 4 is 27.3 Å². The number of halogens is 1. The average Bonchev–Trinajstić information content (AvgIpc) is 2.49. The molecule has 0 saturated carbocycles. The minimum absolute atomic E-state index is 0.685. The molecule has 0 aliphatic carbocycles. The Balaban J connectivity index is 1.96. The number of para-hydroxylation sites is 1. The van der Waals surface area contributed by atoms with Gasteiger partial charge in [0.15, 0.2) is 0 Å². The van der Waals surface area contributed by atoms with Crippen LogP contribution in [-0.4, -0.2) is 13.1 Å². The maximum absolute atomic E-state index is 5.64. The van der Waals surface area contributed by atoms with Crippen LogP contribution in [0.4, 0.5) is 11.4 Å². The number of rotatable bonds is 3. The van der Waals surface area contributed by atoms with Crippen LogP contribution in [0.15, 0.2) is 46.9 Å². The predicted octanol–water partition coefficient (Wildman–Crippen LogP) is 4.03. The molecule has 3 heteroatoms. The van der Waals surface area contributed by atoms with Crippen LogP contribution in [0, 0.1) is 0 Å². The van der Waals surface area contributed by atoms with Gasteiger partial charge in [0.1, 0.15) is 0 Å². The summed E-state index contributed by atoms with van der Waals surface area (Å²) in [5.74, 6) is 0. The fraction of sp³-hybridized carbons (Fsp3) is 0.294. The van der Waals surface area contributed by atoms with Crippen LogP contribution >= 0.6 is 15.9 Å². The quantitative estimate of drug-likeness (QED) is 0.920. The smallest absolute Gasteiger partial charge is 0.0443 e. The summed E-state index contributed by atoms with van der Waals surface area (Å²) in [6.45, 7) is 1.77. The van der Waals surface area contributed by atoms with Crippen molar-refractivity contribution in [3.63, 3.8) is 0 Å². The number of fused-ring (bicyclic) bond motifs is 1. The highest BCUT2D eigenvalue weighted by Gasteiger charge is 2.18. The Morgan fingerprint density at radius 3 is 2.80 bits per heavy atom. The van der Waals surface area contributed by atoms with E-state index in [0.717, 1.165) is 17.4 Å². The SMILES string of the molecule is NCCc1ccc(N2CCCc3ccccc32)cc1Br. The lowest BCUT2D eigenvalue weighted by molar-refractivity contribution is 0.766. The standard InChI is InChI=1S/C17H19BrN2/c18-16-12-15(8-7-13(16)9-10-19)20-11-3-5-14-4-1-2-6-17(14)20/h1-2,4,6-8,12H,3,5,9-11,19H2. The first-order valence-electron chi connectivity index (χ1n) is 7.13. The molecule has 0 amide bonds. The van der Waals surface area contributed by atoms with Gasteiger partial charge in [0, 0.05) is 22.4 Å². The molecule has 0 aromatic heterocycles. The number of hydrogen-bond acceptors (Lipinski definition) is 2. The first-order valence-corrected chi connectivity index (χ1v) is 7.93. The summed E-state index contributed by atoms with van der Waals surface area (Å²) in [6.07, 6.45) is 3.30. The van der Waals surface area contributed by atoms with Gasteiger partial charge in [-0.05, 0) is 55.1 Å². The van der Waals surface area contributed by atoms with Crippen LogP contribution in [0.2, 0.25) is 0 Å². The third-order valence-corrected chi connectivity index (χ3v) is 4.61. The number of nitrogens with two attached hydrogens (primary N) is 1. The molecule has 3 rings (SSSR count). The fourth-order valence-corrected chi connectivity index (χ4v) is 3.43. The molecule has 2 aromatic rings. The maximum atomic E-state index is 5.64. The highest BCUT2D eigenvalue weighted by molar-refractivity contribution is 9.10. The zero-order valence-corrected chi connectivity index (χ0v) is 13.1. The Bertz CT molecular complexity index is 610. The van der Waals surface area contributed by atoms with Crippen LogP contribution in [-0.2, 0) is 12.8 Å². The van der Waals surface area contributed by atoms with Crippen molar-refractivity contribution in [2.75, 3.05) is 18.0 Å². The minimum atomic E-state index is 0.685. The van der Waals surface area contributed by atoms with E-state index in [0.29, 0.717) is 6.54 Å². The van der Waals surface area contributed by atoms with Gasteiger partial charge in [-0.15, -0.1) is 0 Å². The van der Waals surface area contributed by atoms with Crippen molar-refractivity contribution in [1.82, 2.24) is 0 Å². The van der Waals surface area contributed by atoms with Crippen molar-refractivity contribution in [1.29, 1.82) is 0 Å². The van der Waals surface area contributed by atoms with Crippen molar-refractivity contribution in [3.05, 3.63) is 58.1 Å². The predicted molar refractivity (Wildman–Crippen MR) is 88.7 cm³/mol. The van der Waals surface area contributed by atoms with Crippen LogP contribution in [0.1, 0.15) is 17.5 Å². The largest absolute Gasteiger partial charge is 0.341 e. The van der Waals surface area contributed by atoms with Crippen molar-refractivity contribution < 1.29 is 0 Å². The van der Waals surface area contributed by atoms with Gasteiger partial charge in [0.05, 0.1) is 0 Å². The van der Waals surface area contributed by atoms with E-state index in [2.05, 4.69) is 63.3 Å². The number of aryl methyl sites for hydroxylation is 1. The van der Waals surface area contributed by atoms with Crippen LogP contribution in [0.3, 0.4) is 0 Å². The van der Waals surface area contributed by atoms with Gasteiger partial charge in [0.25, 0.3) is 0 Å². The van der Waals surface area contributed by atoms with Gasteiger partial charge in [-0.1, -0.05) is 40.2 Å². The van der Waals surface area contributed by atoms with E-state index < -0.39 is 0 Å². The second-order valence-corrected chi connectivity index (χ2v) is 6.05. The van der Waals surface area contributed by atoms with E-state index in [1.54, 1.807) is 0 Å². The lowest BCUT2D eigenvalue weighted by atomic mass is 10.0. The average molecular weight is 331 g/mol. The van der Waals surface area contributed by atoms with E-state index in [9.17, 15) is 0 Å². The first kappa shape index (κ1) is 13.7. The molecule has 0 fully saturated rings. The summed E-state index contributed by atoms with van der Waals surface area (Å²) >= 11 is 3.67. The fourth-order valence-electron chi connectivity index (χ4n) is 2.86. The van der Waals surface area contributed by atoms with Crippen LogP contribution in [0.25, 0.3) is 0 Å². The third-order valence-electron chi connectivity index (χ3n) is 3.87. The lowest BCUT2D eigenvalue weighted by Gasteiger charge is -2.31. The van der Waals surface area contributed by atoms with Gasteiger partial charge in [0.2, 0.25) is 0 Å². The topological polar surface area (TPSA) is 29.3 Å². The van der Waals surface area contributed by atoms with Crippen LogP contribution in [0.5, 0.6) is 0 Å². The molecule has 2 nitrogen and oxygen atoms in total. The van der Waals surface area contributed by atoms with Gasteiger partial charge in [-0.25, -0.2) is 0 Å². The van der Waals surface area contributed by atoms with Crippen LogP contribution < -0.4 is 10.6 Å². The molecule has 0 atom stereocenters. The highest BCUT2D eigenvalue weighted by Crippen LogP contribution is 2.35. The van der Waals surface area contributed by atoms with E-state index in [-0.39, 0.29) is 0 Å². The summed E-state index contributed by atoms with van der Waals surface area (Å²) in [5, 5.41) is 0. The zero-order valence-electron chi connectivity index (χ0n) is 11.5. The second kappa shape index (κ2) is 5.98. The van der Waals surface area contributed by atoms with E-state index >= 15 is 0 Å². The van der Waals surface area contributed by atoms with E-state index in [1.165, 1.54) is 35.3 Å². The Labute approximate surface area is 128 Å². The Morgan fingerprint density at radius 1 is 1.15 bits per heavy atom. The number of hydrogen-bond donors (Lipinski definition) is 1. The summed E-state index contributed by atoms with van der Waals surface area (Å²) in [4.78, 5) is 2.41. The molecule has 1 heterocycles. The monoisotopic (exact) mass is 330 g/mol. The molecule has 0 spiro atoms. The molecule has 0 unspecified atom stereocenters. The zero-order chi connectivity index (χ0) is 13.9. The van der Waals surface area contributed by atoms with E-state index in [4.69, 9.17) is 5.73 Å². The Hall–Kier alpha value is -1.32. The molecule has 2 N–H and O–H groups in total. The summed E-state index contributed by atoms with van der Waals surface area (Å²) in [6, 6.07) is 15.3. The second-order valence-electron chi connectivity index (χ2n) is 5.20. The van der Waals surface area contributed by atoms with E-state index in [1.807, 2.05) is 0 Å². The Morgan fingerprint density at radius 2 is 2.00 bits per heavy atom. The summed E-state index contributed by atoms with van der Waals surface area (Å²) in [7, 11) is 0. The number of anilines is 2. The molecule has 0 bridgehead atoms. The molecular weight excluding hydrogens is 312 g/mol. The highest BCUT2D eigenvalue weighted by atomic mass is 79.9. The third kappa shape index (κ3) is 2.60. The van der Waals surface area contributed by atoms with Gasteiger partial charge in [-0.3, -0.25) is 0 Å². The summed E-state index contributed by atoms with van der Waals surface area (Å²) < 4.78 is 1.16. The molecule has 1 aliphatic rings. The molecule has 2 aromatic carbocycles. The van der Waals surface area contributed by atoms with Crippen molar-refractivity contribution in [2.24, 2.45) is 5.73 Å². The number of nitrogens with zero attached hydrogens (tertiary/aromatic N) is 1. The molecule has 0 radical (unpaired) electrons. The van der Waals surface area contributed by atoms with Gasteiger partial charge in [-0.2, -0.15) is 0 Å². The Kier molecular flexibility index (Phi) is 4.08.